The molecule has 0 spiro atoms. The normalized spacial score (nSPS) is 14.4. The molecular weight excluding hydrogens is 394 g/mol. The van der Waals surface area contributed by atoms with Crippen molar-refractivity contribution in [3.63, 3.8) is 0 Å². The molecule has 1 fully saturated rings. The summed E-state index contributed by atoms with van der Waals surface area (Å²) in [6, 6.07) is 15.6. The summed E-state index contributed by atoms with van der Waals surface area (Å²) in [5.41, 5.74) is 4.28. The molecule has 1 unspecified atom stereocenters. The van der Waals surface area contributed by atoms with Gasteiger partial charge in [-0.15, -0.1) is 0 Å². The van der Waals surface area contributed by atoms with Crippen LogP contribution in [0, 0.1) is 13.8 Å². The monoisotopic (exact) mass is 419 g/mol. The summed E-state index contributed by atoms with van der Waals surface area (Å²) in [4.78, 5) is 30.3. The number of para-hydroxylation sites is 2. The average Bonchev–Trinajstić information content (AvgIpc) is 3.54. The Morgan fingerprint density at radius 1 is 1.07 bits per heavy atom. The zero-order valence-electron chi connectivity index (χ0n) is 17.4. The minimum atomic E-state index is -0.364. The largest absolute Gasteiger partial charge is 0.349 e. The van der Waals surface area contributed by atoms with E-state index in [4.69, 9.17) is 0 Å². The molecule has 1 atom stereocenters. The lowest BCUT2D eigenvalue weighted by atomic mass is 10.1. The molecule has 1 aliphatic carbocycles. The van der Waals surface area contributed by atoms with Crippen LogP contribution in [0.2, 0.25) is 0 Å². The minimum absolute atomic E-state index is 0.0782. The smallest absolute Gasteiger partial charge is 0.252 e. The third-order valence-electron chi connectivity index (χ3n) is 5.25. The number of carbonyl (C=O) groups is 2. The van der Waals surface area contributed by atoms with Crippen molar-refractivity contribution in [2.45, 2.75) is 49.9 Å². The number of fused-ring (bicyclic) bond motifs is 1. The van der Waals surface area contributed by atoms with Crippen LogP contribution in [0.5, 0.6) is 0 Å². The molecule has 0 aliphatic heterocycles. The first-order valence-corrected chi connectivity index (χ1v) is 11.0. The number of rotatable bonds is 6. The van der Waals surface area contributed by atoms with Crippen LogP contribution in [-0.2, 0) is 4.79 Å². The number of aryl methyl sites for hydroxylation is 2. The van der Waals surface area contributed by atoms with Crippen molar-refractivity contribution in [3.05, 3.63) is 65.2 Å². The quantitative estimate of drug-likeness (QED) is 0.560. The van der Waals surface area contributed by atoms with Crippen molar-refractivity contribution >= 4 is 40.2 Å². The lowest BCUT2D eigenvalue weighted by Gasteiger charge is -2.16. The molecule has 1 aliphatic rings. The van der Waals surface area contributed by atoms with Crippen LogP contribution in [0.15, 0.2) is 53.6 Å². The van der Waals surface area contributed by atoms with Crippen LogP contribution in [0.1, 0.15) is 41.3 Å². The Morgan fingerprint density at radius 3 is 2.47 bits per heavy atom. The molecule has 4 rings (SSSR count). The molecule has 0 bridgehead atoms. The van der Waals surface area contributed by atoms with Gasteiger partial charge in [-0.25, -0.2) is 4.98 Å². The maximum Gasteiger partial charge on any atom is 0.252 e. The van der Waals surface area contributed by atoms with E-state index in [9.17, 15) is 9.59 Å². The third-order valence-corrected chi connectivity index (χ3v) is 6.26. The molecule has 2 N–H and O–H groups in total. The predicted molar refractivity (Wildman–Crippen MR) is 122 cm³/mol. The Balaban J connectivity index is 1.56. The SMILES string of the molecule is Cc1cccc(C)c1NC(=O)C(C)Sc1cc(C(=O)NC2CC2)c2ccccc2n1. The molecule has 2 aromatic carbocycles. The highest BCUT2D eigenvalue weighted by Crippen LogP contribution is 2.29. The summed E-state index contributed by atoms with van der Waals surface area (Å²) in [6.07, 6.45) is 2.07. The van der Waals surface area contributed by atoms with E-state index in [1.165, 1.54) is 11.8 Å². The van der Waals surface area contributed by atoms with Gasteiger partial charge >= 0.3 is 0 Å². The summed E-state index contributed by atoms with van der Waals surface area (Å²) < 4.78 is 0. The average molecular weight is 420 g/mol. The highest BCUT2D eigenvalue weighted by Gasteiger charge is 2.25. The van der Waals surface area contributed by atoms with E-state index in [0.29, 0.717) is 10.6 Å². The third kappa shape index (κ3) is 4.49. The molecule has 30 heavy (non-hydrogen) atoms. The fourth-order valence-corrected chi connectivity index (χ4v) is 4.23. The Bertz CT molecular complexity index is 1100. The Kier molecular flexibility index (Phi) is 5.77. The zero-order valence-corrected chi connectivity index (χ0v) is 18.2. The fourth-order valence-electron chi connectivity index (χ4n) is 3.36. The van der Waals surface area contributed by atoms with Crippen molar-refractivity contribution in [3.8, 4) is 0 Å². The van der Waals surface area contributed by atoms with E-state index in [1.54, 1.807) is 6.07 Å². The van der Waals surface area contributed by atoms with E-state index in [0.717, 1.165) is 40.6 Å². The van der Waals surface area contributed by atoms with Gasteiger partial charge in [0, 0.05) is 17.1 Å². The number of aromatic nitrogens is 1. The first-order chi connectivity index (χ1) is 14.4. The van der Waals surface area contributed by atoms with Gasteiger partial charge in [-0.2, -0.15) is 0 Å². The van der Waals surface area contributed by atoms with Gasteiger partial charge in [0.2, 0.25) is 5.91 Å². The molecule has 3 aromatic rings. The lowest BCUT2D eigenvalue weighted by molar-refractivity contribution is -0.115. The number of carbonyl (C=O) groups excluding carboxylic acids is 2. The number of pyridine rings is 1. The summed E-state index contributed by atoms with van der Waals surface area (Å²) >= 11 is 1.36. The molecule has 6 heteroatoms. The fraction of sp³-hybridized carbons (Fsp3) is 0.292. The number of anilines is 1. The summed E-state index contributed by atoms with van der Waals surface area (Å²) in [7, 11) is 0. The Labute approximate surface area is 180 Å². The van der Waals surface area contributed by atoms with Crippen LogP contribution < -0.4 is 10.6 Å². The molecule has 1 saturated carbocycles. The van der Waals surface area contributed by atoms with E-state index >= 15 is 0 Å². The van der Waals surface area contributed by atoms with Gasteiger partial charge in [-0.05, 0) is 56.9 Å². The Morgan fingerprint density at radius 2 is 1.77 bits per heavy atom. The maximum absolute atomic E-state index is 12.8. The van der Waals surface area contributed by atoms with E-state index in [-0.39, 0.29) is 23.1 Å². The number of hydrogen-bond acceptors (Lipinski definition) is 4. The van der Waals surface area contributed by atoms with Crippen molar-refractivity contribution in [1.29, 1.82) is 0 Å². The number of benzene rings is 2. The number of nitrogens with one attached hydrogen (secondary N) is 2. The highest BCUT2D eigenvalue weighted by molar-refractivity contribution is 8.00. The van der Waals surface area contributed by atoms with Crippen LogP contribution in [0.4, 0.5) is 5.69 Å². The molecule has 2 amide bonds. The summed E-state index contributed by atoms with van der Waals surface area (Å²) in [5, 5.41) is 7.22. The number of nitrogens with zero attached hydrogens (tertiary/aromatic N) is 1. The van der Waals surface area contributed by atoms with Crippen LogP contribution >= 0.6 is 11.8 Å². The number of hydrogen-bond donors (Lipinski definition) is 2. The van der Waals surface area contributed by atoms with Crippen LogP contribution in [-0.4, -0.2) is 28.1 Å². The molecule has 0 radical (unpaired) electrons. The van der Waals surface area contributed by atoms with Gasteiger partial charge in [0.05, 0.1) is 21.4 Å². The summed E-state index contributed by atoms with van der Waals surface area (Å²) in [6.45, 7) is 5.82. The second kappa shape index (κ2) is 8.48. The maximum atomic E-state index is 12.8. The van der Waals surface area contributed by atoms with Crippen LogP contribution in [0.3, 0.4) is 0 Å². The minimum Gasteiger partial charge on any atom is -0.349 e. The molecule has 1 aromatic heterocycles. The highest BCUT2D eigenvalue weighted by atomic mass is 32.2. The van der Waals surface area contributed by atoms with Gasteiger partial charge in [-0.1, -0.05) is 48.2 Å². The molecule has 0 saturated heterocycles. The van der Waals surface area contributed by atoms with E-state index in [1.807, 2.05) is 63.2 Å². The molecular formula is C24H25N3O2S. The standard InChI is InChI=1S/C24H25N3O2S/c1-14-7-6-8-15(2)22(14)27-23(28)16(3)30-21-13-19(24(29)25-17-11-12-17)18-9-4-5-10-20(18)26-21/h4-10,13,16-17H,11-12H2,1-3H3,(H,25,29)(H,27,28). The van der Waals surface area contributed by atoms with Crippen molar-refractivity contribution in [2.24, 2.45) is 0 Å². The second-order valence-corrected chi connectivity index (χ2v) is 9.15. The molecule has 5 nitrogen and oxygen atoms in total. The molecule has 1 heterocycles. The number of amides is 2. The van der Waals surface area contributed by atoms with E-state index < -0.39 is 0 Å². The summed E-state index contributed by atoms with van der Waals surface area (Å²) in [5.74, 6) is -0.165. The first kappa shape index (κ1) is 20.4. The van der Waals surface area contributed by atoms with Gasteiger partial charge in [0.1, 0.15) is 0 Å². The van der Waals surface area contributed by atoms with Gasteiger partial charge in [0.15, 0.2) is 0 Å². The van der Waals surface area contributed by atoms with Crippen molar-refractivity contribution in [1.82, 2.24) is 10.3 Å². The molecule has 154 valence electrons. The lowest BCUT2D eigenvalue weighted by Crippen LogP contribution is -2.26. The van der Waals surface area contributed by atoms with Gasteiger partial charge in [-0.3, -0.25) is 9.59 Å². The topological polar surface area (TPSA) is 71.1 Å². The van der Waals surface area contributed by atoms with Gasteiger partial charge in [0.25, 0.3) is 5.91 Å². The second-order valence-electron chi connectivity index (χ2n) is 7.79. The first-order valence-electron chi connectivity index (χ1n) is 10.2. The Hall–Kier alpha value is -2.86. The number of thioether (sulfide) groups is 1. The predicted octanol–water partition coefficient (Wildman–Crippen LogP) is 4.86. The van der Waals surface area contributed by atoms with Crippen LogP contribution in [0.25, 0.3) is 10.9 Å². The van der Waals surface area contributed by atoms with Gasteiger partial charge < -0.3 is 10.6 Å². The van der Waals surface area contributed by atoms with Crippen molar-refractivity contribution < 1.29 is 9.59 Å². The zero-order chi connectivity index (χ0) is 21.3. The van der Waals surface area contributed by atoms with Crippen molar-refractivity contribution in [2.75, 3.05) is 5.32 Å². The van der Waals surface area contributed by atoms with E-state index in [2.05, 4.69) is 15.6 Å².